The lowest BCUT2D eigenvalue weighted by atomic mass is 10.1. The summed E-state index contributed by atoms with van der Waals surface area (Å²) in [6, 6.07) is 6.04. The predicted molar refractivity (Wildman–Crippen MR) is 53.8 cm³/mol. The van der Waals surface area contributed by atoms with Crippen molar-refractivity contribution in [2.45, 2.75) is 0 Å². The summed E-state index contributed by atoms with van der Waals surface area (Å²) in [4.78, 5) is 1.90. The monoisotopic (exact) mass is 203 g/mol. The minimum atomic E-state index is -0.282. The Balaban J connectivity index is 2.37. The van der Waals surface area contributed by atoms with Gasteiger partial charge < -0.3 is 10.0 Å². The third-order valence-electron chi connectivity index (χ3n) is 2.29. The SMILES string of the molecule is CN1CC=C([O-])[C+]=C1c1ccc(F)cc1. The summed E-state index contributed by atoms with van der Waals surface area (Å²) in [5, 5.41) is 11.2. The maximum absolute atomic E-state index is 12.7. The van der Waals surface area contributed by atoms with E-state index in [2.05, 4.69) is 6.08 Å². The molecule has 0 spiro atoms. The molecule has 76 valence electrons. The Kier molecular flexibility index (Phi) is 2.40. The molecule has 1 aromatic carbocycles. The summed E-state index contributed by atoms with van der Waals surface area (Å²) in [7, 11) is 1.87. The zero-order chi connectivity index (χ0) is 10.8. The van der Waals surface area contributed by atoms with Crippen molar-refractivity contribution in [2.24, 2.45) is 0 Å². The fourth-order valence-electron chi connectivity index (χ4n) is 1.47. The molecule has 2 rings (SSSR count). The van der Waals surface area contributed by atoms with Crippen LogP contribution in [-0.4, -0.2) is 18.5 Å². The van der Waals surface area contributed by atoms with E-state index in [0.717, 1.165) is 5.56 Å². The molecular weight excluding hydrogens is 193 g/mol. The number of likely N-dealkylation sites (N-methyl/N-ethyl adjacent to an activating group) is 1. The van der Waals surface area contributed by atoms with Gasteiger partial charge in [-0.25, -0.2) is 4.39 Å². The van der Waals surface area contributed by atoms with Gasteiger partial charge in [-0.15, -0.1) is 0 Å². The van der Waals surface area contributed by atoms with Crippen LogP contribution in [0.25, 0.3) is 5.70 Å². The Morgan fingerprint density at radius 1 is 1.33 bits per heavy atom. The van der Waals surface area contributed by atoms with Crippen LogP contribution >= 0.6 is 0 Å². The second-order valence-corrected chi connectivity index (χ2v) is 3.43. The van der Waals surface area contributed by atoms with Gasteiger partial charge in [-0.1, -0.05) is 0 Å². The van der Waals surface area contributed by atoms with Crippen LogP contribution in [0.5, 0.6) is 0 Å². The van der Waals surface area contributed by atoms with E-state index in [9.17, 15) is 9.50 Å². The molecule has 0 fully saturated rings. The number of benzene rings is 1. The van der Waals surface area contributed by atoms with Gasteiger partial charge in [0.1, 0.15) is 5.82 Å². The van der Waals surface area contributed by atoms with Gasteiger partial charge in [-0.05, 0) is 12.1 Å². The van der Waals surface area contributed by atoms with Gasteiger partial charge in [0.2, 0.25) is 5.70 Å². The summed E-state index contributed by atoms with van der Waals surface area (Å²) in [6.07, 6.45) is 4.29. The summed E-state index contributed by atoms with van der Waals surface area (Å²) in [5.74, 6) is -0.400. The fraction of sp³-hybridized carbons (Fsp3) is 0.167. The molecule has 0 aromatic heterocycles. The molecule has 1 heterocycles. The number of hydrogen-bond donors (Lipinski definition) is 0. The van der Waals surface area contributed by atoms with Crippen LogP contribution in [-0.2, 0) is 0 Å². The van der Waals surface area contributed by atoms with E-state index in [1.165, 1.54) is 12.1 Å². The molecule has 1 aliphatic heterocycles. The lowest BCUT2D eigenvalue weighted by Crippen LogP contribution is -2.23. The van der Waals surface area contributed by atoms with Crippen molar-refractivity contribution in [1.29, 1.82) is 0 Å². The maximum atomic E-state index is 12.7. The van der Waals surface area contributed by atoms with Gasteiger partial charge in [-0.2, -0.15) is 0 Å². The smallest absolute Gasteiger partial charge is 0.212 e. The van der Waals surface area contributed by atoms with Crippen LogP contribution in [0.15, 0.2) is 36.1 Å². The van der Waals surface area contributed by atoms with Crippen molar-refractivity contribution < 1.29 is 9.50 Å². The van der Waals surface area contributed by atoms with Crippen LogP contribution in [0.3, 0.4) is 0 Å². The molecule has 0 bridgehead atoms. The van der Waals surface area contributed by atoms with E-state index >= 15 is 0 Å². The Hall–Kier alpha value is -1.86. The molecule has 3 heteroatoms. The molecule has 0 saturated carbocycles. The van der Waals surface area contributed by atoms with Crippen LogP contribution in [0.2, 0.25) is 0 Å². The highest BCUT2D eigenvalue weighted by Crippen LogP contribution is 2.21. The molecule has 0 aliphatic carbocycles. The number of halogens is 1. The van der Waals surface area contributed by atoms with Crippen molar-refractivity contribution in [3.8, 4) is 0 Å². The summed E-state index contributed by atoms with van der Waals surface area (Å²) >= 11 is 0. The second kappa shape index (κ2) is 3.71. The van der Waals surface area contributed by atoms with Crippen LogP contribution in [0, 0.1) is 11.9 Å². The number of allylic oxidation sites excluding steroid dienone is 1. The largest absolute Gasteiger partial charge is 0.846 e. The molecule has 1 aliphatic rings. The molecule has 15 heavy (non-hydrogen) atoms. The number of nitrogens with zero attached hydrogens (tertiary/aromatic N) is 1. The minimum absolute atomic E-state index is 0.118. The van der Waals surface area contributed by atoms with Gasteiger partial charge in [-0.3, -0.25) is 0 Å². The van der Waals surface area contributed by atoms with Crippen molar-refractivity contribution in [1.82, 2.24) is 4.90 Å². The zero-order valence-electron chi connectivity index (χ0n) is 8.33. The normalized spacial score (nSPS) is 15.5. The first-order valence-electron chi connectivity index (χ1n) is 4.65. The highest BCUT2D eigenvalue weighted by atomic mass is 19.1. The number of hydrogen-bond acceptors (Lipinski definition) is 2. The van der Waals surface area contributed by atoms with E-state index in [4.69, 9.17) is 0 Å². The lowest BCUT2D eigenvalue weighted by Gasteiger charge is -2.19. The van der Waals surface area contributed by atoms with E-state index in [1.807, 2.05) is 11.9 Å². The molecular formula is C12H10FNO. The average Bonchev–Trinajstić information content (AvgIpc) is 2.23. The fourth-order valence-corrected chi connectivity index (χ4v) is 1.47. The minimum Gasteiger partial charge on any atom is -0.846 e. The molecule has 1 aromatic rings. The molecule has 0 radical (unpaired) electrons. The Morgan fingerprint density at radius 3 is 2.67 bits per heavy atom. The first kappa shape index (κ1) is 9.69. The molecule has 2 nitrogen and oxygen atoms in total. The summed E-state index contributed by atoms with van der Waals surface area (Å²) in [5.41, 5.74) is 1.52. The quantitative estimate of drug-likeness (QED) is 0.640. The molecule has 0 amide bonds. The van der Waals surface area contributed by atoms with Crippen LogP contribution in [0.1, 0.15) is 5.56 Å². The summed E-state index contributed by atoms with van der Waals surface area (Å²) in [6.45, 7) is 0.568. The first-order chi connectivity index (χ1) is 7.16. The molecule has 0 unspecified atom stereocenters. The van der Waals surface area contributed by atoms with Gasteiger partial charge in [0.25, 0.3) is 0 Å². The van der Waals surface area contributed by atoms with Gasteiger partial charge in [0, 0.05) is 25.3 Å². The van der Waals surface area contributed by atoms with Gasteiger partial charge >= 0.3 is 0 Å². The Bertz CT molecular complexity index is 420. The zero-order valence-corrected chi connectivity index (χ0v) is 8.33. The van der Waals surface area contributed by atoms with Crippen LogP contribution < -0.4 is 5.11 Å². The second-order valence-electron chi connectivity index (χ2n) is 3.43. The van der Waals surface area contributed by atoms with Crippen molar-refractivity contribution >= 4 is 5.70 Å². The third-order valence-corrected chi connectivity index (χ3v) is 2.29. The van der Waals surface area contributed by atoms with Gasteiger partial charge in [0.05, 0.1) is 23.9 Å². The van der Waals surface area contributed by atoms with E-state index in [1.54, 1.807) is 18.2 Å². The standard InChI is InChI=1S/C12H10FNO/c1-14-7-6-11(15)8-12(14)9-2-4-10(13)5-3-9/h2-6H,7H2,1H3. The maximum Gasteiger partial charge on any atom is 0.212 e. The summed E-state index contributed by atoms with van der Waals surface area (Å²) < 4.78 is 12.7. The van der Waals surface area contributed by atoms with Crippen molar-refractivity contribution in [2.75, 3.05) is 13.6 Å². The average molecular weight is 203 g/mol. The van der Waals surface area contributed by atoms with Crippen molar-refractivity contribution in [3.05, 3.63) is 53.6 Å². The lowest BCUT2D eigenvalue weighted by molar-refractivity contribution is -0.297. The highest BCUT2D eigenvalue weighted by molar-refractivity contribution is 5.64. The molecule has 0 N–H and O–H groups in total. The molecule has 0 atom stereocenters. The first-order valence-corrected chi connectivity index (χ1v) is 4.65. The van der Waals surface area contributed by atoms with E-state index in [-0.39, 0.29) is 11.6 Å². The Labute approximate surface area is 88.0 Å². The number of rotatable bonds is 1. The van der Waals surface area contributed by atoms with E-state index in [0.29, 0.717) is 12.2 Å². The predicted octanol–water partition coefficient (Wildman–Crippen LogP) is 1.16. The van der Waals surface area contributed by atoms with Crippen LogP contribution in [0.4, 0.5) is 4.39 Å². The van der Waals surface area contributed by atoms with Crippen molar-refractivity contribution in [3.63, 3.8) is 0 Å². The Morgan fingerprint density at radius 2 is 2.00 bits per heavy atom. The third kappa shape index (κ3) is 1.97. The highest BCUT2D eigenvalue weighted by Gasteiger charge is 2.18. The van der Waals surface area contributed by atoms with E-state index < -0.39 is 0 Å². The van der Waals surface area contributed by atoms with Gasteiger partial charge in [0.15, 0.2) is 0 Å². The topological polar surface area (TPSA) is 26.3 Å². The molecule has 0 saturated heterocycles.